The second kappa shape index (κ2) is 8.67. The minimum atomic E-state index is 0.0592. The smallest absolute Gasteiger partial charge is 0.233 e. The molecule has 0 aliphatic heterocycles. The van der Waals surface area contributed by atoms with Crippen LogP contribution in [0, 0.1) is 0 Å². The molecule has 0 spiro atoms. The van der Waals surface area contributed by atoms with Crippen LogP contribution in [0.25, 0.3) is 11.2 Å². The number of amides is 1. The molecule has 4 aromatic rings. The maximum Gasteiger partial charge on any atom is 0.233 e. The number of benzene rings is 2. The van der Waals surface area contributed by atoms with Crippen molar-refractivity contribution in [1.29, 1.82) is 0 Å². The average molecular weight is 389 g/mol. The Balaban J connectivity index is 1.49. The Morgan fingerprint density at radius 3 is 2.18 bits per heavy atom. The number of nitrogens with one attached hydrogen (secondary N) is 1. The number of aromatic amines is 1. The van der Waals surface area contributed by atoms with Crippen molar-refractivity contribution in [3.8, 4) is 0 Å². The van der Waals surface area contributed by atoms with Crippen molar-refractivity contribution < 1.29 is 4.79 Å². The summed E-state index contributed by atoms with van der Waals surface area (Å²) < 4.78 is 0. The monoisotopic (exact) mass is 389 g/mol. The molecule has 0 atom stereocenters. The van der Waals surface area contributed by atoms with Gasteiger partial charge in [-0.1, -0.05) is 72.4 Å². The second-order valence-corrected chi connectivity index (χ2v) is 7.25. The van der Waals surface area contributed by atoms with Crippen molar-refractivity contribution in [2.75, 3.05) is 5.75 Å². The molecule has 0 aliphatic carbocycles. The van der Waals surface area contributed by atoms with Crippen LogP contribution in [0.3, 0.4) is 0 Å². The average Bonchev–Trinajstić information content (AvgIpc) is 3.22. The van der Waals surface area contributed by atoms with Gasteiger partial charge < -0.3 is 9.88 Å². The molecule has 0 unspecified atom stereocenters. The maximum atomic E-state index is 13.0. The molecule has 140 valence electrons. The summed E-state index contributed by atoms with van der Waals surface area (Å²) in [5.41, 5.74) is 3.58. The zero-order chi connectivity index (χ0) is 19.2. The number of hydrogen-bond acceptors (Lipinski definition) is 5. The van der Waals surface area contributed by atoms with Crippen LogP contribution in [0.2, 0.25) is 0 Å². The molecular formula is C21H19N5OS. The lowest BCUT2D eigenvalue weighted by Crippen LogP contribution is -2.31. The fraction of sp³-hybridized carbons (Fsp3) is 0.143. The van der Waals surface area contributed by atoms with Gasteiger partial charge in [-0.2, -0.15) is 0 Å². The predicted molar refractivity (Wildman–Crippen MR) is 110 cm³/mol. The highest BCUT2D eigenvalue weighted by molar-refractivity contribution is 8.00. The highest BCUT2D eigenvalue weighted by Gasteiger charge is 2.17. The Morgan fingerprint density at radius 2 is 1.54 bits per heavy atom. The molecule has 2 aromatic carbocycles. The van der Waals surface area contributed by atoms with Crippen LogP contribution in [-0.2, 0) is 17.9 Å². The van der Waals surface area contributed by atoms with Gasteiger partial charge >= 0.3 is 0 Å². The molecule has 2 aromatic heterocycles. The Kier molecular flexibility index (Phi) is 5.63. The van der Waals surface area contributed by atoms with E-state index in [1.807, 2.05) is 65.6 Å². The van der Waals surface area contributed by atoms with Gasteiger partial charge in [-0.15, -0.1) is 0 Å². The van der Waals surface area contributed by atoms with Gasteiger partial charge in [0.25, 0.3) is 0 Å². The largest absolute Gasteiger partial charge is 0.341 e. The molecule has 7 heteroatoms. The first-order valence-corrected chi connectivity index (χ1v) is 9.90. The van der Waals surface area contributed by atoms with Crippen LogP contribution in [0.1, 0.15) is 11.1 Å². The first-order chi connectivity index (χ1) is 13.8. The Labute approximate surface area is 167 Å². The summed E-state index contributed by atoms with van der Waals surface area (Å²) in [6, 6.07) is 20.1. The Bertz CT molecular complexity index is 1010. The summed E-state index contributed by atoms with van der Waals surface area (Å²) in [5, 5.41) is 0.732. The third kappa shape index (κ3) is 4.37. The number of hydrogen-bond donors (Lipinski definition) is 1. The second-order valence-electron chi connectivity index (χ2n) is 6.29. The number of carbonyl (C=O) groups excluding carboxylic acids is 1. The third-order valence-electron chi connectivity index (χ3n) is 4.31. The number of imidazole rings is 1. The molecule has 0 radical (unpaired) electrons. The van der Waals surface area contributed by atoms with Crippen molar-refractivity contribution in [2.24, 2.45) is 0 Å². The van der Waals surface area contributed by atoms with Gasteiger partial charge in [-0.3, -0.25) is 4.79 Å². The predicted octanol–water partition coefficient (Wildman–Crippen LogP) is 3.67. The maximum absolute atomic E-state index is 13.0. The van der Waals surface area contributed by atoms with Crippen molar-refractivity contribution in [3.05, 3.63) is 84.4 Å². The minimum Gasteiger partial charge on any atom is -0.341 e. The Hall–Kier alpha value is -3.19. The third-order valence-corrected chi connectivity index (χ3v) is 5.28. The van der Waals surface area contributed by atoms with E-state index in [1.54, 1.807) is 6.33 Å². The van der Waals surface area contributed by atoms with E-state index >= 15 is 0 Å². The molecule has 2 heterocycles. The van der Waals surface area contributed by atoms with Gasteiger partial charge in [0.15, 0.2) is 5.65 Å². The molecule has 0 bridgehead atoms. The number of carbonyl (C=O) groups is 1. The van der Waals surface area contributed by atoms with Crippen LogP contribution < -0.4 is 0 Å². The molecule has 4 rings (SSSR count). The summed E-state index contributed by atoms with van der Waals surface area (Å²) in [4.78, 5) is 30.5. The fourth-order valence-electron chi connectivity index (χ4n) is 2.91. The highest BCUT2D eigenvalue weighted by atomic mass is 32.2. The van der Waals surface area contributed by atoms with Crippen LogP contribution in [0.15, 0.2) is 78.3 Å². The molecule has 1 amide bonds. The number of fused-ring (bicyclic) bond motifs is 1. The first kappa shape index (κ1) is 18.2. The summed E-state index contributed by atoms with van der Waals surface area (Å²) in [6.45, 7) is 1.14. The van der Waals surface area contributed by atoms with E-state index in [9.17, 15) is 4.79 Å². The van der Waals surface area contributed by atoms with Crippen molar-refractivity contribution in [3.63, 3.8) is 0 Å². The summed E-state index contributed by atoms with van der Waals surface area (Å²) in [5.74, 6) is 0.356. The molecular weight excluding hydrogens is 370 g/mol. The number of H-pyrrole nitrogens is 1. The summed E-state index contributed by atoms with van der Waals surface area (Å²) in [6.07, 6.45) is 3.06. The lowest BCUT2D eigenvalue weighted by molar-refractivity contribution is -0.129. The van der Waals surface area contributed by atoms with Gasteiger partial charge in [0, 0.05) is 13.1 Å². The molecule has 0 saturated carbocycles. The van der Waals surface area contributed by atoms with Gasteiger partial charge in [-0.25, -0.2) is 15.0 Å². The van der Waals surface area contributed by atoms with Crippen LogP contribution in [-0.4, -0.2) is 36.5 Å². The molecule has 1 N–H and O–H groups in total. The van der Waals surface area contributed by atoms with E-state index in [0.717, 1.165) is 21.7 Å². The van der Waals surface area contributed by atoms with Crippen LogP contribution in [0.5, 0.6) is 0 Å². The van der Waals surface area contributed by atoms with Gasteiger partial charge in [0.2, 0.25) is 5.91 Å². The van der Waals surface area contributed by atoms with E-state index in [2.05, 4.69) is 19.9 Å². The lowest BCUT2D eigenvalue weighted by atomic mass is 10.1. The number of aromatic nitrogens is 4. The highest BCUT2D eigenvalue weighted by Crippen LogP contribution is 2.23. The van der Waals surface area contributed by atoms with Gasteiger partial charge in [0.1, 0.15) is 16.9 Å². The Morgan fingerprint density at radius 1 is 0.893 bits per heavy atom. The first-order valence-electron chi connectivity index (χ1n) is 8.92. The van der Waals surface area contributed by atoms with E-state index in [4.69, 9.17) is 0 Å². The van der Waals surface area contributed by atoms with Crippen molar-refractivity contribution >= 4 is 28.8 Å². The molecule has 0 fully saturated rings. The summed E-state index contributed by atoms with van der Waals surface area (Å²) in [7, 11) is 0. The number of nitrogens with zero attached hydrogens (tertiary/aromatic N) is 4. The standard InChI is InChI=1S/C21H19N5OS/c27-18(13-28-21-19-20(23-14-22-19)24-15-25-21)26(11-16-7-3-1-4-8-16)12-17-9-5-2-6-10-17/h1-10,14-15H,11-13H2,(H,22,23,24,25). The zero-order valence-corrected chi connectivity index (χ0v) is 16.0. The van der Waals surface area contributed by atoms with Crippen molar-refractivity contribution in [2.45, 2.75) is 18.1 Å². The topological polar surface area (TPSA) is 74.8 Å². The summed E-state index contributed by atoms with van der Waals surface area (Å²) >= 11 is 1.40. The van der Waals surface area contributed by atoms with Gasteiger partial charge in [-0.05, 0) is 11.1 Å². The zero-order valence-electron chi connectivity index (χ0n) is 15.2. The van der Waals surface area contributed by atoms with E-state index < -0.39 is 0 Å². The molecule has 28 heavy (non-hydrogen) atoms. The number of thioether (sulfide) groups is 1. The quantitative estimate of drug-likeness (QED) is 0.386. The molecule has 0 aliphatic rings. The SMILES string of the molecule is O=C(CSc1ncnc2nc[nH]c12)N(Cc1ccccc1)Cc1ccccc1. The van der Waals surface area contributed by atoms with Crippen LogP contribution in [0.4, 0.5) is 0 Å². The molecule has 6 nitrogen and oxygen atoms in total. The molecule has 0 saturated heterocycles. The van der Waals surface area contributed by atoms with E-state index in [1.165, 1.54) is 18.1 Å². The van der Waals surface area contributed by atoms with Crippen molar-refractivity contribution in [1.82, 2.24) is 24.8 Å². The minimum absolute atomic E-state index is 0.0592. The normalized spacial score (nSPS) is 10.9. The van der Waals surface area contributed by atoms with Crippen LogP contribution >= 0.6 is 11.8 Å². The number of rotatable bonds is 7. The lowest BCUT2D eigenvalue weighted by Gasteiger charge is -2.23. The fourth-order valence-corrected chi connectivity index (χ4v) is 3.77. The van der Waals surface area contributed by atoms with E-state index in [0.29, 0.717) is 24.5 Å². The van der Waals surface area contributed by atoms with E-state index in [-0.39, 0.29) is 5.91 Å². The van der Waals surface area contributed by atoms with Gasteiger partial charge in [0.05, 0.1) is 12.1 Å².